The molecule has 0 spiro atoms. The van der Waals surface area contributed by atoms with Gasteiger partial charge in [0.2, 0.25) is 0 Å². The number of aryl methyl sites for hydroxylation is 1. The number of halogens is 1. The molecule has 0 N–H and O–H groups in total. The molecule has 6 heteroatoms. The molecule has 0 aliphatic carbocycles. The van der Waals surface area contributed by atoms with E-state index in [4.69, 9.17) is 4.42 Å². The van der Waals surface area contributed by atoms with E-state index in [-0.39, 0.29) is 0 Å². The predicted octanol–water partition coefficient (Wildman–Crippen LogP) is 2.26. The first-order valence-electron chi connectivity index (χ1n) is 3.17. The van der Waals surface area contributed by atoms with Gasteiger partial charge in [-0.15, -0.1) is 21.5 Å². The van der Waals surface area contributed by atoms with Gasteiger partial charge < -0.3 is 4.42 Å². The molecular weight excluding hydrogens is 242 g/mol. The van der Waals surface area contributed by atoms with E-state index in [1.165, 1.54) is 0 Å². The molecule has 0 atom stereocenters. The highest BCUT2D eigenvalue weighted by Gasteiger charge is 2.08. The molecule has 2 rings (SSSR count). The summed E-state index contributed by atoms with van der Waals surface area (Å²) in [7, 11) is 0. The maximum Gasteiger partial charge on any atom is 0.285 e. The van der Waals surface area contributed by atoms with E-state index in [1.807, 2.05) is 12.3 Å². The molecule has 0 aromatic carbocycles. The van der Waals surface area contributed by atoms with Crippen LogP contribution in [0.5, 0.6) is 0 Å². The lowest BCUT2D eigenvalue weighted by Gasteiger charge is -1.82. The molecule has 0 bridgehead atoms. The Kier molecular flexibility index (Phi) is 1.93. The summed E-state index contributed by atoms with van der Waals surface area (Å²) in [5.41, 5.74) is 0.732. The zero-order valence-electron chi connectivity index (χ0n) is 6.11. The quantitative estimate of drug-likeness (QED) is 0.774. The van der Waals surface area contributed by atoms with E-state index in [9.17, 15) is 0 Å². The van der Waals surface area contributed by atoms with Crippen LogP contribution in [0.2, 0.25) is 0 Å². The van der Waals surface area contributed by atoms with Crippen LogP contribution in [0.15, 0.2) is 14.6 Å². The molecule has 2 aromatic rings. The molecular formula is C6H4BrN3OS. The fourth-order valence-corrected chi connectivity index (χ4v) is 1.59. The third kappa shape index (κ3) is 1.39. The lowest BCUT2D eigenvalue weighted by Crippen LogP contribution is -1.77. The van der Waals surface area contributed by atoms with Crippen molar-refractivity contribution in [1.29, 1.82) is 0 Å². The highest BCUT2D eigenvalue weighted by molar-refractivity contribution is 9.10. The van der Waals surface area contributed by atoms with Crippen LogP contribution in [0, 0.1) is 6.92 Å². The monoisotopic (exact) mass is 245 g/mol. The maximum absolute atomic E-state index is 5.12. The van der Waals surface area contributed by atoms with Crippen LogP contribution < -0.4 is 0 Å². The van der Waals surface area contributed by atoms with Crippen molar-refractivity contribution in [3.63, 3.8) is 0 Å². The van der Waals surface area contributed by atoms with Crippen LogP contribution in [-0.4, -0.2) is 15.2 Å². The van der Waals surface area contributed by atoms with Crippen LogP contribution >= 0.6 is 27.3 Å². The fourth-order valence-electron chi connectivity index (χ4n) is 0.770. The molecule has 12 heavy (non-hydrogen) atoms. The Morgan fingerprint density at radius 2 is 2.33 bits per heavy atom. The summed E-state index contributed by atoms with van der Waals surface area (Å²) in [6.45, 7) is 1.93. The van der Waals surface area contributed by atoms with E-state index < -0.39 is 0 Å². The third-order valence-electron chi connectivity index (χ3n) is 1.24. The fraction of sp³-hybridized carbons (Fsp3) is 0.167. The minimum atomic E-state index is 0.378. The Morgan fingerprint density at radius 3 is 2.83 bits per heavy atom. The lowest BCUT2D eigenvalue weighted by atomic mass is 10.5. The second-order valence-electron chi connectivity index (χ2n) is 2.11. The van der Waals surface area contributed by atoms with Crippen molar-refractivity contribution in [3.05, 3.63) is 15.2 Å². The van der Waals surface area contributed by atoms with Crippen LogP contribution in [-0.2, 0) is 0 Å². The van der Waals surface area contributed by atoms with Gasteiger partial charge in [0.25, 0.3) is 10.7 Å². The molecule has 0 saturated carbocycles. The number of thiazole rings is 1. The van der Waals surface area contributed by atoms with E-state index in [0.29, 0.717) is 10.7 Å². The summed E-state index contributed by atoms with van der Waals surface area (Å²) in [5, 5.41) is 10.3. The van der Waals surface area contributed by atoms with Crippen LogP contribution in [0.25, 0.3) is 11.6 Å². The van der Waals surface area contributed by atoms with E-state index >= 15 is 0 Å². The first-order valence-corrected chi connectivity index (χ1v) is 4.84. The van der Waals surface area contributed by atoms with Gasteiger partial charge in [-0.25, -0.2) is 4.98 Å². The van der Waals surface area contributed by atoms with Crippen molar-refractivity contribution in [3.8, 4) is 11.6 Å². The van der Waals surface area contributed by atoms with Gasteiger partial charge in [-0.3, -0.25) is 0 Å². The Hall–Kier alpha value is -0.750. The molecule has 0 aliphatic heterocycles. The number of aromatic nitrogens is 3. The van der Waals surface area contributed by atoms with Crippen LogP contribution in [0.1, 0.15) is 5.01 Å². The average molecular weight is 246 g/mol. The summed E-state index contributed by atoms with van der Waals surface area (Å²) in [5.74, 6) is 0.450. The molecule has 0 fully saturated rings. The zero-order valence-corrected chi connectivity index (χ0v) is 8.52. The summed E-state index contributed by atoms with van der Waals surface area (Å²) in [6, 6.07) is 0. The zero-order chi connectivity index (χ0) is 8.55. The van der Waals surface area contributed by atoms with Crippen molar-refractivity contribution >= 4 is 27.3 Å². The normalized spacial score (nSPS) is 10.5. The molecule has 0 saturated heterocycles. The summed E-state index contributed by atoms with van der Waals surface area (Å²) in [6.07, 6.45) is 0. The van der Waals surface area contributed by atoms with Crippen molar-refractivity contribution in [2.75, 3.05) is 0 Å². The van der Waals surface area contributed by atoms with Gasteiger partial charge in [0.15, 0.2) is 0 Å². The number of hydrogen-bond donors (Lipinski definition) is 0. The molecule has 4 nitrogen and oxygen atoms in total. The molecule has 62 valence electrons. The van der Waals surface area contributed by atoms with Gasteiger partial charge in [0.05, 0.1) is 5.01 Å². The van der Waals surface area contributed by atoms with Gasteiger partial charge in [0.1, 0.15) is 5.69 Å². The maximum atomic E-state index is 5.12. The lowest BCUT2D eigenvalue weighted by molar-refractivity contribution is 0.538. The van der Waals surface area contributed by atoms with Crippen molar-refractivity contribution in [1.82, 2.24) is 15.2 Å². The first-order chi connectivity index (χ1) is 5.75. The van der Waals surface area contributed by atoms with Crippen molar-refractivity contribution < 1.29 is 4.42 Å². The molecule has 0 aliphatic rings. The van der Waals surface area contributed by atoms with E-state index in [0.717, 1.165) is 10.7 Å². The molecule has 0 radical (unpaired) electrons. The van der Waals surface area contributed by atoms with Gasteiger partial charge >= 0.3 is 0 Å². The summed E-state index contributed by atoms with van der Waals surface area (Å²) < 4.78 is 5.12. The minimum Gasteiger partial charge on any atom is -0.409 e. The van der Waals surface area contributed by atoms with Gasteiger partial charge in [-0.05, 0) is 6.92 Å². The molecule has 0 unspecified atom stereocenters. The topological polar surface area (TPSA) is 51.8 Å². The number of hydrogen-bond acceptors (Lipinski definition) is 5. The standard InChI is InChI=1S/C6H4BrN3OS/c1-3-8-4(2-12-3)5-9-10-6(7)11-5/h2H,1H3. The Balaban J connectivity index is 2.43. The largest absolute Gasteiger partial charge is 0.409 e. The number of rotatable bonds is 1. The third-order valence-corrected chi connectivity index (χ3v) is 2.33. The smallest absolute Gasteiger partial charge is 0.285 e. The van der Waals surface area contributed by atoms with Gasteiger partial charge in [-0.1, -0.05) is 0 Å². The highest BCUT2D eigenvalue weighted by Crippen LogP contribution is 2.21. The second-order valence-corrected chi connectivity index (χ2v) is 3.85. The first kappa shape index (κ1) is 7.88. The second kappa shape index (κ2) is 2.95. The van der Waals surface area contributed by atoms with Crippen LogP contribution in [0.4, 0.5) is 0 Å². The van der Waals surface area contributed by atoms with Crippen molar-refractivity contribution in [2.45, 2.75) is 6.92 Å². The SMILES string of the molecule is Cc1nc(-c2nnc(Br)o2)cs1. The Morgan fingerprint density at radius 1 is 1.50 bits per heavy atom. The molecule has 2 heterocycles. The average Bonchev–Trinajstić information content (AvgIpc) is 2.58. The Bertz CT molecular complexity index is 359. The number of nitrogens with zero attached hydrogens (tertiary/aromatic N) is 3. The molecule has 0 amide bonds. The predicted molar refractivity (Wildman–Crippen MR) is 47.8 cm³/mol. The highest BCUT2D eigenvalue weighted by atomic mass is 79.9. The minimum absolute atomic E-state index is 0.378. The van der Waals surface area contributed by atoms with E-state index in [1.54, 1.807) is 11.3 Å². The van der Waals surface area contributed by atoms with Gasteiger partial charge in [-0.2, -0.15) is 0 Å². The summed E-state index contributed by atoms with van der Waals surface area (Å²) >= 11 is 4.63. The van der Waals surface area contributed by atoms with Gasteiger partial charge in [0, 0.05) is 21.3 Å². The van der Waals surface area contributed by atoms with Crippen LogP contribution in [0.3, 0.4) is 0 Å². The molecule has 2 aromatic heterocycles. The Labute approximate surface area is 80.8 Å². The summed E-state index contributed by atoms with van der Waals surface area (Å²) in [4.78, 5) is 4.57. The van der Waals surface area contributed by atoms with E-state index in [2.05, 4.69) is 31.1 Å². The van der Waals surface area contributed by atoms with Crippen molar-refractivity contribution in [2.24, 2.45) is 0 Å².